The molecule has 2 aliphatic rings. The molecule has 2 amide bonds. The van der Waals surface area contributed by atoms with Crippen LogP contribution in [0.1, 0.15) is 44.7 Å². The van der Waals surface area contributed by atoms with Gasteiger partial charge in [0.05, 0.1) is 17.9 Å². The Kier molecular flexibility index (Phi) is 4.69. The number of rotatable bonds is 4. The summed E-state index contributed by atoms with van der Waals surface area (Å²) in [5.74, 6) is 0.555. The molecule has 4 nitrogen and oxygen atoms in total. The molecular weight excluding hydrogens is 288 g/mol. The van der Waals surface area contributed by atoms with Crippen LogP contribution in [0.2, 0.25) is 0 Å². The first kappa shape index (κ1) is 16.0. The van der Waals surface area contributed by atoms with Crippen LogP contribution in [-0.2, 0) is 9.59 Å². The summed E-state index contributed by atoms with van der Waals surface area (Å²) in [6.45, 7) is 5.88. The number of nitrogens with zero attached hydrogens (tertiary/aromatic N) is 1. The van der Waals surface area contributed by atoms with Crippen LogP contribution in [0.15, 0.2) is 30.3 Å². The van der Waals surface area contributed by atoms with Crippen LogP contribution in [0.3, 0.4) is 0 Å². The number of piperidine rings is 1. The van der Waals surface area contributed by atoms with E-state index in [0.717, 1.165) is 25.1 Å². The first-order chi connectivity index (χ1) is 11.1. The maximum absolute atomic E-state index is 12.5. The summed E-state index contributed by atoms with van der Waals surface area (Å²) in [5.41, 5.74) is 1.09. The van der Waals surface area contributed by atoms with Gasteiger partial charge in [-0.1, -0.05) is 37.3 Å². The fraction of sp³-hybridized carbons (Fsp3) is 0.579. The van der Waals surface area contributed by atoms with Crippen LogP contribution in [0.4, 0.5) is 0 Å². The van der Waals surface area contributed by atoms with E-state index in [9.17, 15) is 9.59 Å². The molecule has 3 rings (SSSR count). The van der Waals surface area contributed by atoms with Gasteiger partial charge < -0.3 is 10.2 Å². The Bertz CT molecular complexity index is 572. The normalized spacial score (nSPS) is 28.1. The van der Waals surface area contributed by atoms with Gasteiger partial charge in [-0.2, -0.15) is 0 Å². The number of amides is 2. The average molecular weight is 314 g/mol. The lowest BCUT2D eigenvalue weighted by atomic mass is 10.00. The smallest absolute Gasteiger partial charge is 0.226 e. The van der Waals surface area contributed by atoms with E-state index in [1.807, 2.05) is 42.2 Å². The molecule has 2 fully saturated rings. The Balaban J connectivity index is 1.51. The summed E-state index contributed by atoms with van der Waals surface area (Å²) in [5, 5.41) is 3.04. The average Bonchev–Trinajstić information content (AvgIpc) is 3.35. The molecule has 4 unspecified atom stereocenters. The minimum absolute atomic E-state index is 0.0183. The molecule has 1 saturated heterocycles. The second-order valence-corrected chi connectivity index (χ2v) is 7.12. The van der Waals surface area contributed by atoms with Crippen molar-refractivity contribution in [3.63, 3.8) is 0 Å². The molecular formula is C19H26N2O2. The number of hydrogen-bond acceptors (Lipinski definition) is 2. The molecule has 0 spiro atoms. The maximum atomic E-state index is 12.5. The number of likely N-dealkylation sites (tertiary alicyclic amines) is 1. The monoisotopic (exact) mass is 314 g/mol. The predicted octanol–water partition coefficient (Wildman–Crippen LogP) is 2.76. The van der Waals surface area contributed by atoms with Crippen molar-refractivity contribution in [3.8, 4) is 0 Å². The predicted molar refractivity (Wildman–Crippen MR) is 89.6 cm³/mol. The van der Waals surface area contributed by atoms with Gasteiger partial charge in [-0.25, -0.2) is 0 Å². The Morgan fingerprint density at radius 1 is 1.22 bits per heavy atom. The highest BCUT2D eigenvalue weighted by Gasteiger charge is 2.49. The minimum atomic E-state index is -0.133. The van der Waals surface area contributed by atoms with Gasteiger partial charge in [0, 0.05) is 13.1 Å². The third-order valence-electron chi connectivity index (χ3n) is 5.07. The Morgan fingerprint density at radius 2 is 1.96 bits per heavy atom. The van der Waals surface area contributed by atoms with E-state index in [1.54, 1.807) is 0 Å². The van der Waals surface area contributed by atoms with Crippen LogP contribution in [0, 0.1) is 17.8 Å². The topological polar surface area (TPSA) is 49.4 Å². The van der Waals surface area contributed by atoms with Gasteiger partial charge in [-0.3, -0.25) is 9.59 Å². The van der Waals surface area contributed by atoms with Gasteiger partial charge in [-0.15, -0.1) is 0 Å². The zero-order chi connectivity index (χ0) is 16.4. The number of carbonyl (C=O) groups is 2. The molecule has 0 radical (unpaired) electrons. The third-order valence-corrected chi connectivity index (χ3v) is 5.07. The second kappa shape index (κ2) is 6.73. The van der Waals surface area contributed by atoms with Crippen molar-refractivity contribution in [2.24, 2.45) is 17.8 Å². The van der Waals surface area contributed by atoms with E-state index < -0.39 is 0 Å². The van der Waals surface area contributed by atoms with Gasteiger partial charge in [0.1, 0.15) is 0 Å². The fourth-order valence-electron chi connectivity index (χ4n) is 3.53. The summed E-state index contributed by atoms with van der Waals surface area (Å²) in [7, 11) is 0. The quantitative estimate of drug-likeness (QED) is 0.929. The molecule has 23 heavy (non-hydrogen) atoms. The Hall–Kier alpha value is -1.84. The van der Waals surface area contributed by atoms with E-state index in [2.05, 4.69) is 12.2 Å². The molecule has 1 aromatic carbocycles. The molecule has 4 atom stereocenters. The third kappa shape index (κ3) is 3.74. The summed E-state index contributed by atoms with van der Waals surface area (Å²) in [4.78, 5) is 26.9. The van der Waals surface area contributed by atoms with Gasteiger partial charge in [-0.05, 0) is 37.7 Å². The van der Waals surface area contributed by atoms with Gasteiger partial charge in [0.25, 0.3) is 0 Å². The van der Waals surface area contributed by atoms with Crippen molar-refractivity contribution in [1.29, 1.82) is 0 Å². The first-order valence-corrected chi connectivity index (χ1v) is 8.70. The largest absolute Gasteiger partial charge is 0.349 e. The molecule has 1 saturated carbocycles. The molecule has 0 aromatic heterocycles. The highest BCUT2D eigenvalue weighted by Crippen LogP contribution is 2.41. The highest BCUT2D eigenvalue weighted by molar-refractivity contribution is 5.92. The Labute approximate surface area is 138 Å². The molecule has 1 heterocycles. The molecule has 1 N–H and O–H groups in total. The molecule has 124 valence electrons. The van der Waals surface area contributed by atoms with Crippen LogP contribution in [0.5, 0.6) is 0 Å². The van der Waals surface area contributed by atoms with E-state index >= 15 is 0 Å². The second-order valence-electron chi connectivity index (χ2n) is 7.12. The lowest BCUT2D eigenvalue weighted by Crippen LogP contribution is -2.41. The number of nitrogens with one attached hydrogen (secondary N) is 1. The standard InChI is InChI=1S/C19H26N2O2/c1-13-7-6-10-21(12-13)19(23)17-11-16(17)18(22)20-14(2)15-8-4-3-5-9-15/h3-5,8-9,13-14,16-17H,6-7,10-12H2,1-2H3,(H,20,22). The van der Waals surface area contributed by atoms with Crippen molar-refractivity contribution < 1.29 is 9.59 Å². The maximum Gasteiger partial charge on any atom is 0.226 e. The van der Waals surface area contributed by atoms with Crippen LogP contribution >= 0.6 is 0 Å². The van der Waals surface area contributed by atoms with E-state index in [4.69, 9.17) is 0 Å². The van der Waals surface area contributed by atoms with Crippen LogP contribution in [0.25, 0.3) is 0 Å². The lowest BCUT2D eigenvalue weighted by Gasteiger charge is -2.31. The minimum Gasteiger partial charge on any atom is -0.349 e. The summed E-state index contributed by atoms with van der Waals surface area (Å²) in [6, 6.07) is 9.91. The fourth-order valence-corrected chi connectivity index (χ4v) is 3.53. The van der Waals surface area contributed by atoms with E-state index in [-0.39, 0.29) is 29.7 Å². The van der Waals surface area contributed by atoms with Crippen LogP contribution < -0.4 is 5.32 Å². The van der Waals surface area contributed by atoms with Crippen molar-refractivity contribution in [2.45, 2.75) is 39.2 Å². The molecule has 0 bridgehead atoms. The first-order valence-electron chi connectivity index (χ1n) is 8.70. The number of benzene rings is 1. The number of hydrogen-bond donors (Lipinski definition) is 1. The SMILES string of the molecule is CC1CCCN(C(=O)C2CC2C(=O)NC(C)c2ccccc2)C1. The summed E-state index contributed by atoms with van der Waals surface area (Å²) < 4.78 is 0. The molecule has 4 heteroatoms. The Morgan fingerprint density at radius 3 is 2.65 bits per heavy atom. The molecule has 1 aliphatic carbocycles. The van der Waals surface area contributed by atoms with Crippen molar-refractivity contribution >= 4 is 11.8 Å². The number of carbonyl (C=O) groups excluding carboxylic acids is 2. The zero-order valence-electron chi connectivity index (χ0n) is 14.0. The van der Waals surface area contributed by atoms with Crippen molar-refractivity contribution in [3.05, 3.63) is 35.9 Å². The van der Waals surface area contributed by atoms with Crippen LogP contribution in [-0.4, -0.2) is 29.8 Å². The van der Waals surface area contributed by atoms with Crippen molar-refractivity contribution in [2.75, 3.05) is 13.1 Å². The van der Waals surface area contributed by atoms with Gasteiger partial charge in [0.15, 0.2) is 0 Å². The highest BCUT2D eigenvalue weighted by atomic mass is 16.2. The molecule has 1 aromatic rings. The van der Waals surface area contributed by atoms with E-state index in [1.165, 1.54) is 6.42 Å². The van der Waals surface area contributed by atoms with Gasteiger partial charge >= 0.3 is 0 Å². The van der Waals surface area contributed by atoms with Gasteiger partial charge in [0.2, 0.25) is 11.8 Å². The zero-order valence-corrected chi connectivity index (χ0v) is 14.0. The molecule has 1 aliphatic heterocycles. The lowest BCUT2D eigenvalue weighted by molar-refractivity contribution is -0.136. The van der Waals surface area contributed by atoms with E-state index in [0.29, 0.717) is 12.3 Å². The summed E-state index contributed by atoms with van der Waals surface area (Å²) >= 11 is 0. The van der Waals surface area contributed by atoms with Crippen molar-refractivity contribution in [1.82, 2.24) is 10.2 Å². The summed E-state index contributed by atoms with van der Waals surface area (Å²) in [6.07, 6.45) is 2.99.